The third kappa shape index (κ3) is 2.85. The Kier molecular flexibility index (Phi) is 3.78. The Labute approximate surface area is 106 Å². The first-order chi connectivity index (χ1) is 8.20. The molecule has 0 amide bonds. The third-order valence-corrected chi connectivity index (χ3v) is 4.29. The number of thiophene rings is 1. The van der Waals surface area contributed by atoms with Gasteiger partial charge in [-0.2, -0.15) is 0 Å². The van der Waals surface area contributed by atoms with Crippen LogP contribution >= 0.6 is 23.1 Å². The Balaban J connectivity index is 2.31. The molecule has 0 bridgehead atoms. The van der Waals surface area contributed by atoms with Gasteiger partial charge in [-0.3, -0.25) is 10.1 Å². The van der Waals surface area contributed by atoms with Crippen LogP contribution in [0, 0.1) is 10.1 Å². The van der Waals surface area contributed by atoms with Crippen LogP contribution in [0.3, 0.4) is 0 Å². The molecule has 2 rings (SSSR count). The van der Waals surface area contributed by atoms with Crippen LogP contribution in [-0.2, 0) is 6.61 Å². The van der Waals surface area contributed by atoms with E-state index in [9.17, 15) is 15.2 Å². The van der Waals surface area contributed by atoms with Gasteiger partial charge < -0.3 is 5.11 Å². The van der Waals surface area contributed by atoms with Crippen molar-refractivity contribution in [3.05, 3.63) is 51.4 Å². The highest BCUT2D eigenvalue weighted by atomic mass is 32.2. The molecule has 0 radical (unpaired) electrons. The summed E-state index contributed by atoms with van der Waals surface area (Å²) in [5.74, 6) is 0. The fourth-order valence-electron chi connectivity index (χ4n) is 1.33. The lowest BCUT2D eigenvalue weighted by Gasteiger charge is -2.05. The first kappa shape index (κ1) is 12.1. The fourth-order valence-corrected chi connectivity index (χ4v) is 3.16. The van der Waals surface area contributed by atoms with Gasteiger partial charge in [0.15, 0.2) is 0 Å². The van der Waals surface area contributed by atoms with Crippen molar-refractivity contribution in [1.82, 2.24) is 0 Å². The van der Waals surface area contributed by atoms with E-state index in [1.165, 1.54) is 23.9 Å². The van der Waals surface area contributed by atoms with Gasteiger partial charge in [-0.05, 0) is 23.1 Å². The van der Waals surface area contributed by atoms with E-state index < -0.39 is 4.92 Å². The molecular weight excluding hydrogens is 258 g/mol. The Hall–Kier alpha value is -1.37. The van der Waals surface area contributed by atoms with E-state index in [-0.39, 0.29) is 12.3 Å². The standard InChI is InChI=1S/C11H9NO3S2/c13-7-8-6-9(12(14)15)3-4-10(8)17-11-2-1-5-16-11/h1-6,13H,7H2. The average Bonchev–Trinajstić information content (AvgIpc) is 2.82. The van der Waals surface area contributed by atoms with Crippen LogP contribution in [0.1, 0.15) is 5.56 Å². The lowest BCUT2D eigenvalue weighted by atomic mass is 10.2. The highest BCUT2D eigenvalue weighted by molar-refractivity contribution is 8.01. The molecule has 1 aromatic heterocycles. The molecule has 0 fully saturated rings. The molecule has 0 atom stereocenters. The molecule has 1 aromatic carbocycles. The van der Waals surface area contributed by atoms with Crippen LogP contribution in [-0.4, -0.2) is 10.0 Å². The van der Waals surface area contributed by atoms with Gasteiger partial charge in [0.05, 0.1) is 15.7 Å². The number of non-ortho nitro benzene ring substituents is 1. The summed E-state index contributed by atoms with van der Waals surface area (Å²) in [6.07, 6.45) is 0. The molecule has 88 valence electrons. The Morgan fingerprint density at radius 3 is 2.82 bits per heavy atom. The number of nitrogens with zero attached hydrogens (tertiary/aromatic N) is 1. The normalized spacial score (nSPS) is 10.4. The van der Waals surface area contributed by atoms with E-state index in [1.807, 2.05) is 17.5 Å². The van der Waals surface area contributed by atoms with Crippen LogP contribution in [0.5, 0.6) is 0 Å². The molecule has 0 spiro atoms. The van der Waals surface area contributed by atoms with E-state index in [4.69, 9.17) is 0 Å². The lowest BCUT2D eigenvalue weighted by molar-refractivity contribution is -0.385. The molecule has 1 N–H and O–H groups in total. The molecule has 0 aliphatic carbocycles. The van der Waals surface area contributed by atoms with Gasteiger partial charge in [-0.1, -0.05) is 17.8 Å². The van der Waals surface area contributed by atoms with Gasteiger partial charge in [-0.25, -0.2) is 0 Å². The smallest absolute Gasteiger partial charge is 0.269 e. The van der Waals surface area contributed by atoms with Crippen LogP contribution in [0.15, 0.2) is 44.8 Å². The number of nitro groups is 1. The monoisotopic (exact) mass is 267 g/mol. The summed E-state index contributed by atoms with van der Waals surface area (Å²) in [5.41, 5.74) is 0.585. The summed E-state index contributed by atoms with van der Waals surface area (Å²) < 4.78 is 1.09. The number of aliphatic hydroxyl groups excluding tert-OH is 1. The highest BCUT2D eigenvalue weighted by Crippen LogP contribution is 2.34. The first-order valence-corrected chi connectivity index (χ1v) is 6.50. The van der Waals surface area contributed by atoms with E-state index in [2.05, 4.69) is 0 Å². The van der Waals surface area contributed by atoms with Gasteiger partial charge >= 0.3 is 0 Å². The summed E-state index contributed by atoms with van der Waals surface area (Å²) in [6, 6.07) is 8.45. The average molecular weight is 267 g/mol. The predicted octanol–water partition coefficient (Wildman–Crippen LogP) is 3.30. The third-order valence-electron chi connectivity index (χ3n) is 2.13. The Morgan fingerprint density at radius 2 is 2.24 bits per heavy atom. The number of rotatable bonds is 4. The van der Waals surface area contributed by atoms with Crippen LogP contribution in [0.25, 0.3) is 0 Å². The van der Waals surface area contributed by atoms with Gasteiger partial charge in [-0.15, -0.1) is 11.3 Å². The zero-order valence-electron chi connectivity index (χ0n) is 8.70. The Bertz CT molecular complexity index is 526. The molecule has 0 saturated heterocycles. The second kappa shape index (κ2) is 5.31. The second-order valence-corrected chi connectivity index (χ2v) is 5.53. The minimum Gasteiger partial charge on any atom is -0.392 e. The number of benzene rings is 1. The molecule has 2 aromatic rings. The number of nitro benzene ring substituents is 1. The molecule has 0 unspecified atom stereocenters. The van der Waals surface area contributed by atoms with E-state index in [0.717, 1.165) is 9.10 Å². The predicted molar refractivity (Wildman–Crippen MR) is 67.5 cm³/mol. The largest absolute Gasteiger partial charge is 0.392 e. The molecule has 0 saturated carbocycles. The molecule has 4 nitrogen and oxygen atoms in total. The topological polar surface area (TPSA) is 63.4 Å². The minimum atomic E-state index is -0.460. The van der Waals surface area contributed by atoms with E-state index >= 15 is 0 Å². The molecular formula is C11H9NO3S2. The van der Waals surface area contributed by atoms with Crippen molar-refractivity contribution in [2.24, 2.45) is 0 Å². The van der Waals surface area contributed by atoms with Gasteiger partial charge in [0.1, 0.15) is 0 Å². The molecule has 0 aliphatic rings. The quantitative estimate of drug-likeness (QED) is 0.682. The highest BCUT2D eigenvalue weighted by Gasteiger charge is 2.11. The zero-order chi connectivity index (χ0) is 12.3. The van der Waals surface area contributed by atoms with Crippen molar-refractivity contribution in [2.45, 2.75) is 15.7 Å². The van der Waals surface area contributed by atoms with Crippen molar-refractivity contribution < 1.29 is 10.0 Å². The van der Waals surface area contributed by atoms with Crippen LogP contribution < -0.4 is 0 Å². The van der Waals surface area contributed by atoms with Gasteiger partial charge in [0.25, 0.3) is 5.69 Å². The molecule has 0 aliphatic heterocycles. The number of hydrogen-bond acceptors (Lipinski definition) is 5. The van der Waals surface area contributed by atoms with Gasteiger partial charge in [0, 0.05) is 17.0 Å². The second-order valence-electron chi connectivity index (χ2n) is 3.24. The maximum atomic E-state index is 10.6. The molecule has 17 heavy (non-hydrogen) atoms. The van der Waals surface area contributed by atoms with Crippen molar-refractivity contribution in [2.75, 3.05) is 0 Å². The first-order valence-electron chi connectivity index (χ1n) is 4.80. The molecule has 6 heteroatoms. The maximum Gasteiger partial charge on any atom is 0.269 e. The van der Waals surface area contributed by atoms with Crippen molar-refractivity contribution in [1.29, 1.82) is 0 Å². The van der Waals surface area contributed by atoms with Crippen molar-refractivity contribution >= 4 is 28.8 Å². The van der Waals surface area contributed by atoms with E-state index in [1.54, 1.807) is 17.4 Å². The summed E-state index contributed by atoms with van der Waals surface area (Å²) in [5, 5.41) is 21.8. The zero-order valence-corrected chi connectivity index (χ0v) is 10.3. The number of hydrogen-bond donors (Lipinski definition) is 1. The van der Waals surface area contributed by atoms with Gasteiger partial charge in [0.2, 0.25) is 0 Å². The van der Waals surface area contributed by atoms with Crippen LogP contribution in [0.4, 0.5) is 5.69 Å². The van der Waals surface area contributed by atoms with Crippen LogP contribution in [0.2, 0.25) is 0 Å². The maximum absolute atomic E-state index is 10.6. The minimum absolute atomic E-state index is 0.00424. The summed E-state index contributed by atoms with van der Waals surface area (Å²) in [4.78, 5) is 11.0. The molecule has 1 heterocycles. The summed E-state index contributed by atoms with van der Waals surface area (Å²) in [7, 11) is 0. The summed E-state index contributed by atoms with van der Waals surface area (Å²) in [6.45, 7) is -0.199. The van der Waals surface area contributed by atoms with Crippen molar-refractivity contribution in [3.63, 3.8) is 0 Å². The SMILES string of the molecule is O=[N+]([O-])c1ccc(Sc2cccs2)c(CO)c1. The number of aliphatic hydroxyl groups is 1. The Morgan fingerprint density at radius 1 is 1.41 bits per heavy atom. The van der Waals surface area contributed by atoms with Crippen molar-refractivity contribution in [3.8, 4) is 0 Å². The van der Waals surface area contributed by atoms with E-state index in [0.29, 0.717) is 5.56 Å². The fraction of sp³-hybridized carbons (Fsp3) is 0.0909. The summed E-state index contributed by atoms with van der Waals surface area (Å²) >= 11 is 3.10. The lowest BCUT2D eigenvalue weighted by Crippen LogP contribution is -1.92.